The van der Waals surface area contributed by atoms with Gasteiger partial charge >= 0.3 is 0 Å². The average molecular weight is 383 g/mol. The van der Waals surface area contributed by atoms with E-state index < -0.39 is 0 Å². The normalized spacial score (nSPS) is 17.1. The smallest absolute Gasteiger partial charge is 0.244 e. The van der Waals surface area contributed by atoms with Crippen LogP contribution in [-0.2, 0) is 10.2 Å². The van der Waals surface area contributed by atoms with E-state index in [1.165, 1.54) is 11.1 Å². The van der Waals surface area contributed by atoms with Crippen LogP contribution in [0.15, 0.2) is 90.0 Å². The molecule has 0 aromatic heterocycles. The lowest BCUT2D eigenvalue weighted by molar-refractivity contribution is -0.122. The molecule has 1 saturated carbocycles. The van der Waals surface area contributed by atoms with Gasteiger partial charge in [0.1, 0.15) is 0 Å². The molecule has 0 aliphatic heterocycles. The van der Waals surface area contributed by atoms with Gasteiger partial charge in [-0.2, -0.15) is 5.10 Å². The molecule has 0 bridgehead atoms. The van der Waals surface area contributed by atoms with Crippen molar-refractivity contribution in [2.45, 2.75) is 11.8 Å². The molecule has 0 radical (unpaired) electrons. The molecule has 0 saturated heterocycles. The first-order valence-electron chi connectivity index (χ1n) is 9.82. The van der Waals surface area contributed by atoms with Crippen LogP contribution in [0.1, 0.15) is 23.1 Å². The first-order chi connectivity index (χ1) is 14.1. The van der Waals surface area contributed by atoms with E-state index in [-0.39, 0.29) is 17.2 Å². The Kier molecular flexibility index (Phi) is 5.17. The Morgan fingerprint density at radius 3 is 2.00 bits per heavy atom. The maximum atomic E-state index is 12.9. The fraction of sp³-hybridized carbons (Fsp3) is 0.200. The van der Waals surface area contributed by atoms with Crippen LogP contribution in [0.3, 0.4) is 0 Å². The standard InChI is InChI=1S/C25H25N3O/c1-28(2)22-15-13-19(14-16-22)18-26-27-24(29)23-17-25(23,20-9-5-3-6-10-20)21-11-7-4-8-12-21/h3-16,18,23H,17H2,1-2H3,(H,27,29)/b26-18-/t23-/m0/s1. The van der Waals surface area contributed by atoms with Crippen molar-refractivity contribution in [3.63, 3.8) is 0 Å². The quantitative estimate of drug-likeness (QED) is 0.512. The highest BCUT2D eigenvalue weighted by molar-refractivity contribution is 5.87. The Hall–Kier alpha value is -3.40. The predicted octanol–water partition coefficient (Wildman–Crippen LogP) is 4.21. The number of hydrogen-bond donors (Lipinski definition) is 1. The molecule has 1 amide bonds. The first kappa shape index (κ1) is 18.9. The lowest BCUT2D eigenvalue weighted by Crippen LogP contribution is -2.25. The van der Waals surface area contributed by atoms with Gasteiger partial charge in [0.05, 0.1) is 12.1 Å². The number of carbonyl (C=O) groups excluding carboxylic acids is 1. The fourth-order valence-corrected chi connectivity index (χ4v) is 3.96. The van der Waals surface area contributed by atoms with Crippen molar-refractivity contribution in [3.05, 3.63) is 102 Å². The molecule has 0 spiro atoms. The molecule has 1 aliphatic rings. The van der Waals surface area contributed by atoms with Gasteiger partial charge in [-0.3, -0.25) is 4.79 Å². The molecule has 1 fully saturated rings. The van der Waals surface area contributed by atoms with Crippen LogP contribution < -0.4 is 10.3 Å². The molecule has 4 nitrogen and oxygen atoms in total. The molecule has 1 aliphatic carbocycles. The lowest BCUT2D eigenvalue weighted by Gasteiger charge is -2.18. The number of anilines is 1. The zero-order chi connectivity index (χ0) is 20.3. The predicted molar refractivity (Wildman–Crippen MR) is 118 cm³/mol. The maximum Gasteiger partial charge on any atom is 0.244 e. The fourth-order valence-electron chi connectivity index (χ4n) is 3.96. The minimum absolute atomic E-state index is 0.0427. The number of hydrazone groups is 1. The zero-order valence-electron chi connectivity index (χ0n) is 16.7. The van der Waals surface area contributed by atoms with Gasteiger partial charge in [-0.05, 0) is 35.2 Å². The van der Waals surface area contributed by atoms with Gasteiger partial charge < -0.3 is 4.90 Å². The highest BCUT2D eigenvalue weighted by Gasteiger charge is 2.60. The van der Waals surface area contributed by atoms with E-state index in [1.54, 1.807) is 6.21 Å². The van der Waals surface area contributed by atoms with E-state index >= 15 is 0 Å². The third-order valence-corrected chi connectivity index (χ3v) is 5.65. The van der Waals surface area contributed by atoms with Crippen molar-refractivity contribution in [1.29, 1.82) is 0 Å². The van der Waals surface area contributed by atoms with Crippen molar-refractivity contribution < 1.29 is 4.79 Å². The Bertz CT molecular complexity index is 956. The van der Waals surface area contributed by atoms with Crippen LogP contribution in [-0.4, -0.2) is 26.2 Å². The van der Waals surface area contributed by atoms with Crippen molar-refractivity contribution in [2.24, 2.45) is 11.0 Å². The number of nitrogens with one attached hydrogen (secondary N) is 1. The van der Waals surface area contributed by atoms with Crippen LogP contribution in [0, 0.1) is 5.92 Å². The number of benzene rings is 3. The SMILES string of the molecule is CN(C)c1ccc(/C=N\NC(=O)[C@@H]2CC2(c2ccccc2)c2ccccc2)cc1. The summed E-state index contributed by atoms with van der Waals surface area (Å²) < 4.78 is 0. The number of nitrogens with zero attached hydrogens (tertiary/aromatic N) is 2. The zero-order valence-corrected chi connectivity index (χ0v) is 16.7. The third kappa shape index (κ3) is 3.79. The summed E-state index contributed by atoms with van der Waals surface area (Å²) in [6.45, 7) is 0. The Balaban J connectivity index is 1.49. The molecular weight excluding hydrogens is 358 g/mol. The summed E-state index contributed by atoms with van der Waals surface area (Å²) in [5.74, 6) is -0.167. The highest BCUT2D eigenvalue weighted by atomic mass is 16.2. The summed E-state index contributed by atoms with van der Waals surface area (Å²) in [7, 11) is 4.01. The summed E-state index contributed by atoms with van der Waals surface area (Å²) >= 11 is 0. The average Bonchev–Trinajstić information content (AvgIpc) is 3.52. The second kappa shape index (κ2) is 7.92. The van der Waals surface area contributed by atoms with Crippen LogP contribution in [0.25, 0.3) is 0 Å². The number of rotatable bonds is 6. The van der Waals surface area contributed by atoms with E-state index in [0.717, 1.165) is 17.7 Å². The van der Waals surface area contributed by atoms with Gasteiger partial charge in [-0.25, -0.2) is 5.43 Å². The van der Waals surface area contributed by atoms with Gasteiger partial charge in [0, 0.05) is 25.2 Å². The van der Waals surface area contributed by atoms with Crippen molar-refractivity contribution in [1.82, 2.24) is 5.43 Å². The van der Waals surface area contributed by atoms with Gasteiger partial charge in [-0.1, -0.05) is 72.8 Å². The van der Waals surface area contributed by atoms with Gasteiger partial charge in [0.2, 0.25) is 5.91 Å². The highest BCUT2D eigenvalue weighted by Crippen LogP contribution is 2.58. The Morgan fingerprint density at radius 2 is 1.48 bits per heavy atom. The molecule has 4 heteroatoms. The number of carbonyl (C=O) groups is 1. The molecular formula is C25H25N3O. The molecule has 0 heterocycles. The van der Waals surface area contributed by atoms with E-state index in [0.29, 0.717) is 0 Å². The van der Waals surface area contributed by atoms with Crippen molar-refractivity contribution >= 4 is 17.8 Å². The lowest BCUT2D eigenvalue weighted by atomic mass is 9.85. The summed E-state index contributed by atoms with van der Waals surface area (Å²) in [4.78, 5) is 14.9. The summed E-state index contributed by atoms with van der Waals surface area (Å²) in [5, 5.41) is 4.19. The Labute approximate surface area is 171 Å². The topological polar surface area (TPSA) is 44.7 Å². The largest absolute Gasteiger partial charge is 0.378 e. The molecule has 4 rings (SSSR count). The van der Waals surface area contributed by atoms with E-state index in [1.807, 2.05) is 79.7 Å². The van der Waals surface area contributed by atoms with Gasteiger partial charge in [-0.15, -0.1) is 0 Å². The van der Waals surface area contributed by atoms with Gasteiger partial charge in [0.15, 0.2) is 0 Å². The third-order valence-electron chi connectivity index (χ3n) is 5.65. The minimum Gasteiger partial charge on any atom is -0.378 e. The second-order valence-corrected chi connectivity index (χ2v) is 7.68. The van der Waals surface area contributed by atoms with Gasteiger partial charge in [0.25, 0.3) is 0 Å². The second-order valence-electron chi connectivity index (χ2n) is 7.68. The van der Waals surface area contributed by atoms with Crippen molar-refractivity contribution in [3.8, 4) is 0 Å². The van der Waals surface area contributed by atoms with Crippen LogP contribution in [0.2, 0.25) is 0 Å². The molecule has 29 heavy (non-hydrogen) atoms. The summed E-state index contributed by atoms with van der Waals surface area (Å²) in [5.41, 5.74) is 6.90. The van der Waals surface area contributed by atoms with E-state index in [2.05, 4.69) is 34.8 Å². The van der Waals surface area contributed by atoms with Crippen LogP contribution >= 0.6 is 0 Å². The van der Waals surface area contributed by atoms with E-state index in [4.69, 9.17) is 0 Å². The number of amides is 1. The Morgan fingerprint density at radius 1 is 0.931 bits per heavy atom. The maximum absolute atomic E-state index is 12.9. The molecule has 0 unspecified atom stereocenters. The number of hydrogen-bond acceptors (Lipinski definition) is 3. The summed E-state index contributed by atoms with van der Waals surface area (Å²) in [6.07, 6.45) is 2.48. The molecule has 3 aromatic rings. The first-order valence-corrected chi connectivity index (χ1v) is 9.82. The monoisotopic (exact) mass is 383 g/mol. The molecule has 1 atom stereocenters. The molecule has 1 N–H and O–H groups in total. The van der Waals surface area contributed by atoms with Crippen LogP contribution in [0.4, 0.5) is 5.69 Å². The van der Waals surface area contributed by atoms with Crippen LogP contribution in [0.5, 0.6) is 0 Å². The molecule has 146 valence electrons. The van der Waals surface area contributed by atoms with E-state index in [9.17, 15) is 4.79 Å². The van der Waals surface area contributed by atoms with Crippen molar-refractivity contribution in [2.75, 3.05) is 19.0 Å². The molecule has 3 aromatic carbocycles. The summed E-state index contributed by atoms with van der Waals surface area (Å²) in [6, 6.07) is 28.6. The minimum atomic E-state index is -0.268.